The Morgan fingerprint density at radius 3 is 2.32 bits per heavy atom. The number of carbonyl (C=O) groups is 1. The second kappa shape index (κ2) is 12.0. The summed E-state index contributed by atoms with van der Waals surface area (Å²) in [6.07, 6.45) is 3.83. The van der Waals surface area contributed by atoms with Gasteiger partial charge in [-0.05, 0) is 69.5 Å². The lowest BCUT2D eigenvalue weighted by atomic mass is 10.0. The first-order chi connectivity index (χ1) is 15.7. The van der Waals surface area contributed by atoms with E-state index in [0.29, 0.717) is 5.56 Å². The third-order valence-corrected chi connectivity index (χ3v) is 12.0. The Kier molecular flexibility index (Phi) is 10.4. The molecule has 192 valence electrons. The van der Waals surface area contributed by atoms with Crippen molar-refractivity contribution in [3.63, 3.8) is 0 Å². The first-order valence-electron chi connectivity index (χ1n) is 12.2. The molecule has 0 radical (unpaired) electrons. The van der Waals surface area contributed by atoms with E-state index >= 15 is 0 Å². The van der Waals surface area contributed by atoms with Gasteiger partial charge in [-0.3, -0.25) is 0 Å². The van der Waals surface area contributed by atoms with Crippen molar-refractivity contribution in [2.75, 3.05) is 4.43 Å². The molecule has 0 N–H and O–H groups in total. The van der Waals surface area contributed by atoms with Crippen LogP contribution in [0.15, 0.2) is 42.5 Å². The molecule has 1 fully saturated rings. The molecule has 1 saturated heterocycles. The van der Waals surface area contributed by atoms with Crippen molar-refractivity contribution < 1.29 is 23.4 Å². The summed E-state index contributed by atoms with van der Waals surface area (Å²) in [5, 5.41) is 0.145. The molecule has 1 aromatic carbocycles. The molecule has 0 aromatic heterocycles. The standard InChI is InChI=1S/C27H43IO5Si/c1-19(20(2)33-34(8,9)26(3,4)5)15-16-22(30-25(29)21-13-11-10-12-14-21)24-23(17-18-28)31-27(6,7)32-24/h10-16,19-20,22-24H,17-18H2,1-9H3/t19-,20-,22?,23?,24-/m1/s1. The van der Waals surface area contributed by atoms with E-state index in [9.17, 15) is 4.79 Å². The number of carbonyl (C=O) groups excluding carboxylic acids is 1. The maximum atomic E-state index is 12.9. The highest BCUT2D eigenvalue weighted by Crippen LogP contribution is 2.38. The zero-order valence-electron chi connectivity index (χ0n) is 22.3. The smallest absolute Gasteiger partial charge is 0.338 e. The molecular weight excluding hydrogens is 559 g/mol. The van der Waals surface area contributed by atoms with E-state index in [1.54, 1.807) is 12.1 Å². The van der Waals surface area contributed by atoms with Crippen LogP contribution in [0, 0.1) is 5.92 Å². The van der Waals surface area contributed by atoms with Crippen molar-refractivity contribution in [1.82, 2.24) is 0 Å². The molecule has 0 saturated carbocycles. The Balaban J connectivity index is 2.24. The Hall–Kier alpha value is -0.743. The number of esters is 1. The average Bonchev–Trinajstić information content (AvgIpc) is 3.04. The largest absolute Gasteiger partial charge is 0.452 e. The lowest BCUT2D eigenvalue weighted by Gasteiger charge is -2.39. The van der Waals surface area contributed by atoms with Gasteiger partial charge in [0.25, 0.3) is 0 Å². The van der Waals surface area contributed by atoms with E-state index < -0.39 is 20.2 Å². The third kappa shape index (κ3) is 8.15. The SMILES string of the molecule is C[C@H](C=CC(OC(=O)c1ccccc1)[C@H]1OC(C)(C)OC1CCI)[C@@H](C)O[Si](C)(C)C(C)(C)C. The molecular formula is C27H43IO5Si. The van der Waals surface area contributed by atoms with E-state index in [-0.39, 0.29) is 35.2 Å². The lowest BCUT2D eigenvalue weighted by Crippen LogP contribution is -2.44. The highest BCUT2D eigenvalue weighted by atomic mass is 127. The Bertz CT molecular complexity index is 818. The summed E-state index contributed by atoms with van der Waals surface area (Å²) >= 11 is 2.34. The van der Waals surface area contributed by atoms with Crippen LogP contribution >= 0.6 is 22.6 Å². The second-order valence-corrected chi connectivity index (χ2v) is 17.0. The van der Waals surface area contributed by atoms with Gasteiger partial charge in [-0.15, -0.1) is 0 Å². The highest BCUT2D eigenvalue weighted by molar-refractivity contribution is 14.1. The Morgan fingerprint density at radius 2 is 1.76 bits per heavy atom. The van der Waals surface area contributed by atoms with Crippen molar-refractivity contribution in [2.45, 2.75) is 103 Å². The molecule has 1 aliphatic heterocycles. The zero-order valence-corrected chi connectivity index (χ0v) is 25.4. The molecule has 0 bridgehead atoms. The number of rotatable bonds is 10. The molecule has 1 aromatic rings. The minimum Gasteiger partial charge on any atom is -0.452 e. The highest BCUT2D eigenvalue weighted by Gasteiger charge is 2.45. The van der Waals surface area contributed by atoms with Crippen molar-refractivity contribution in [1.29, 1.82) is 0 Å². The van der Waals surface area contributed by atoms with Crippen molar-refractivity contribution in [2.24, 2.45) is 5.92 Å². The minimum atomic E-state index is -1.89. The number of hydrogen-bond donors (Lipinski definition) is 0. The van der Waals surface area contributed by atoms with Crippen LogP contribution in [0.5, 0.6) is 0 Å². The molecule has 2 unspecified atom stereocenters. The summed E-state index contributed by atoms with van der Waals surface area (Å²) in [6.45, 7) is 19.4. The van der Waals surface area contributed by atoms with E-state index in [2.05, 4.69) is 76.4 Å². The maximum absolute atomic E-state index is 12.9. The minimum absolute atomic E-state index is 0.0462. The van der Waals surface area contributed by atoms with Crippen LogP contribution in [-0.2, 0) is 18.6 Å². The summed E-state index contributed by atoms with van der Waals surface area (Å²) in [4.78, 5) is 12.9. The van der Waals surface area contributed by atoms with Crippen LogP contribution in [0.3, 0.4) is 0 Å². The van der Waals surface area contributed by atoms with Gasteiger partial charge in [0.15, 0.2) is 14.1 Å². The molecule has 5 nitrogen and oxygen atoms in total. The van der Waals surface area contributed by atoms with Crippen molar-refractivity contribution >= 4 is 36.9 Å². The maximum Gasteiger partial charge on any atom is 0.338 e. The first-order valence-corrected chi connectivity index (χ1v) is 16.6. The quantitative estimate of drug-likeness (QED) is 0.0936. The molecule has 0 spiro atoms. The molecule has 1 heterocycles. The van der Waals surface area contributed by atoms with Crippen molar-refractivity contribution in [3.8, 4) is 0 Å². The van der Waals surface area contributed by atoms with E-state index in [1.165, 1.54) is 0 Å². The predicted octanol–water partition coefficient (Wildman–Crippen LogP) is 7.16. The van der Waals surface area contributed by atoms with Crippen LogP contribution in [0.1, 0.15) is 65.2 Å². The van der Waals surface area contributed by atoms with Crippen LogP contribution in [-0.4, -0.2) is 48.9 Å². The van der Waals surface area contributed by atoms with Gasteiger partial charge in [-0.1, -0.05) is 74.6 Å². The van der Waals surface area contributed by atoms with Gasteiger partial charge >= 0.3 is 5.97 Å². The first kappa shape index (κ1) is 29.5. The van der Waals surface area contributed by atoms with Crippen LogP contribution < -0.4 is 0 Å². The third-order valence-electron chi connectivity index (χ3n) is 6.82. The molecule has 5 atom stereocenters. The average molecular weight is 603 g/mol. The predicted molar refractivity (Wildman–Crippen MR) is 149 cm³/mol. The van der Waals surface area contributed by atoms with Gasteiger partial charge in [0, 0.05) is 10.5 Å². The fraction of sp³-hybridized carbons (Fsp3) is 0.667. The lowest BCUT2D eigenvalue weighted by molar-refractivity contribution is -0.153. The molecule has 1 aliphatic rings. The number of benzene rings is 1. The van der Waals surface area contributed by atoms with Gasteiger partial charge in [0.1, 0.15) is 12.2 Å². The molecule has 2 rings (SSSR count). The summed E-state index contributed by atoms with van der Waals surface area (Å²) < 4.78 is 25.9. The van der Waals surface area contributed by atoms with E-state index in [4.69, 9.17) is 18.6 Å². The fourth-order valence-electron chi connectivity index (χ4n) is 3.64. The molecule has 0 aliphatic carbocycles. The van der Waals surface area contributed by atoms with E-state index in [0.717, 1.165) is 10.8 Å². The Morgan fingerprint density at radius 1 is 1.15 bits per heavy atom. The Labute approximate surface area is 221 Å². The van der Waals surface area contributed by atoms with Gasteiger partial charge < -0.3 is 18.6 Å². The number of hydrogen-bond acceptors (Lipinski definition) is 5. The topological polar surface area (TPSA) is 54.0 Å². The number of alkyl halides is 1. The van der Waals surface area contributed by atoms with Crippen LogP contribution in [0.2, 0.25) is 18.1 Å². The summed E-state index contributed by atoms with van der Waals surface area (Å²) in [5.74, 6) is -0.947. The molecule has 0 amide bonds. The summed E-state index contributed by atoms with van der Waals surface area (Å²) in [7, 11) is -1.89. The van der Waals surface area contributed by atoms with E-state index in [1.807, 2.05) is 38.1 Å². The molecule has 34 heavy (non-hydrogen) atoms. The summed E-state index contributed by atoms with van der Waals surface area (Å²) in [5.41, 5.74) is 0.521. The van der Waals surface area contributed by atoms with Crippen molar-refractivity contribution in [3.05, 3.63) is 48.0 Å². The van der Waals surface area contributed by atoms with Gasteiger partial charge in [0.2, 0.25) is 0 Å². The van der Waals surface area contributed by atoms with Crippen LogP contribution in [0.25, 0.3) is 0 Å². The van der Waals surface area contributed by atoms with Gasteiger partial charge in [-0.25, -0.2) is 4.79 Å². The fourth-order valence-corrected chi connectivity index (χ4v) is 5.76. The van der Waals surface area contributed by atoms with Crippen LogP contribution in [0.4, 0.5) is 0 Å². The number of ether oxygens (including phenoxy) is 3. The second-order valence-electron chi connectivity index (χ2n) is 11.2. The van der Waals surface area contributed by atoms with Gasteiger partial charge in [-0.2, -0.15) is 0 Å². The zero-order chi connectivity index (χ0) is 25.7. The normalized spacial score (nSPS) is 23.6. The van der Waals surface area contributed by atoms with Gasteiger partial charge in [0.05, 0.1) is 11.7 Å². The summed E-state index contributed by atoms with van der Waals surface area (Å²) in [6, 6.07) is 9.08. The monoisotopic (exact) mass is 602 g/mol. The molecule has 7 heteroatoms. The number of halogens is 1.